The van der Waals surface area contributed by atoms with Crippen molar-refractivity contribution < 1.29 is 5.11 Å². The summed E-state index contributed by atoms with van der Waals surface area (Å²) in [6, 6.07) is 3.73. The highest BCUT2D eigenvalue weighted by molar-refractivity contribution is 9.10. The Morgan fingerprint density at radius 3 is 2.38 bits per heavy atom. The van der Waals surface area contributed by atoms with Crippen LogP contribution in [0.3, 0.4) is 0 Å². The molecule has 0 aliphatic heterocycles. The maximum atomic E-state index is 9.79. The summed E-state index contributed by atoms with van der Waals surface area (Å²) in [7, 11) is 0. The summed E-state index contributed by atoms with van der Waals surface area (Å²) < 4.78 is 0.963. The summed E-state index contributed by atoms with van der Waals surface area (Å²) in [5.74, 6) is 0. The molecule has 0 radical (unpaired) electrons. The maximum absolute atomic E-state index is 9.79. The minimum absolute atomic E-state index is 0.627. The first-order valence-corrected chi connectivity index (χ1v) is 5.18. The van der Waals surface area contributed by atoms with Crippen LogP contribution in [0.1, 0.15) is 25.0 Å². The van der Waals surface area contributed by atoms with E-state index in [-0.39, 0.29) is 0 Å². The second-order valence-corrected chi connectivity index (χ2v) is 4.83. The van der Waals surface area contributed by atoms with Gasteiger partial charge in [0, 0.05) is 10.0 Å². The van der Waals surface area contributed by atoms with Gasteiger partial charge in [0.1, 0.15) is 0 Å². The highest BCUT2D eigenvalue weighted by Crippen LogP contribution is 2.33. The fraction of sp³-hybridized carbons (Fsp3) is 0.400. The predicted molar refractivity (Wildman–Crippen MR) is 59.1 cm³/mol. The fourth-order valence-corrected chi connectivity index (χ4v) is 1.97. The number of aliphatic hydroxyl groups is 1. The Morgan fingerprint density at radius 1 is 1.38 bits per heavy atom. The van der Waals surface area contributed by atoms with Crippen LogP contribution in [0.4, 0.5) is 0 Å². The van der Waals surface area contributed by atoms with Crippen LogP contribution in [0, 0.1) is 6.92 Å². The second kappa shape index (κ2) is 3.60. The van der Waals surface area contributed by atoms with E-state index in [1.807, 2.05) is 19.1 Å². The van der Waals surface area contributed by atoms with Gasteiger partial charge in [-0.2, -0.15) is 0 Å². The molecule has 0 aromatic heterocycles. The lowest BCUT2D eigenvalue weighted by molar-refractivity contribution is 0.0786. The fourth-order valence-electron chi connectivity index (χ4n) is 1.13. The van der Waals surface area contributed by atoms with Crippen LogP contribution >= 0.6 is 27.5 Å². The van der Waals surface area contributed by atoms with Crippen molar-refractivity contribution in [3.8, 4) is 0 Å². The Morgan fingerprint density at radius 2 is 1.92 bits per heavy atom. The van der Waals surface area contributed by atoms with Gasteiger partial charge in [-0.3, -0.25) is 0 Å². The van der Waals surface area contributed by atoms with E-state index < -0.39 is 5.60 Å². The van der Waals surface area contributed by atoms with Crippen LogP contribution < -0.4 is 0 Å². The van der Waals surface area contributed by atoms with Gasteiger partial charge in [0.05, 0.1) is 10.6 Å². The van der Waals surface area contributed by atoms with Crippen molar-refractivity contribution in [1.82, 2.24) is 0 Å². The van der Waals surface area contributed by atoms with E-state index in [2.05, 4.69) is 15.9 Å². The molecular weight excluding hydrogens is 251 g/mol. The third-order valence-electron chi connectivity index (χ3n) is 1.98. The molecule has 0 unspecified atom stereocenters. The van der Waals surface area contributed by atoms with Crippen molar-refractivity contribution in [3.05, 3.63) is 32.8 Å². The van der Waals surface area contributed by atoms with Crippen LogP contribution in [0.15, 0.2) is 16.6 Å². The van der Waals surface area contributed by atoms with Crippen molar-refractivity contribution in [3.63, 3.8) is 0 Å². The number of hydrogen-bond acceptors (Lipinski definition) is 1. The normalized spacial score (nSPS) is 11.8. The smallest absolute Gasteiger partial charge is 0.0855 e. The Balaban J connectivity index is 3.35. The van der Waals surface area contributed by atoms with Gasteiger partial charge in [0.15, 0.2) is 0 Å². The first-order valence-electron chi connectivity index (χ1n) is 4.01. The topological polar surface area (TPSA) is 20.2 Å². The number of rotatable bonds is 1. The van der Waals surface area contributed by atoms with Gasteiger partial charge >= 0.3 is 0 Å². The lowest BCUT2D eigenvalue weighted by Crippen LogP contribution is -2.16. The zero-order valence-electron chi connectivity index (χ0n) is 7.86. The van der Waals surface area contributed by atoms with Gasteiger partial charge in [-0.25, -0.2) is 0 Å². The number of hydrogen-bond donors (Lipinski definition) is 1. The molecule has 1 nitrogen and oxygen atoms in total. The molecule has 0 aliphatic rings. The molecular formula is C10H12BrClO. The minimum atomic E-state index is -0.886. The Labute approximate surface area is 91.9 Å². The Hall–Kier alpha value is -0.0500. The molecule has 1 N–H and O–H groups in total. The van der Waals surface area contributed by atoms with Gasteiger partial charge in [0.25, 0.3) is 0 Å². The highest BCUT2D eigenvalue weighted by Gasteiger charge is 2.20. The maximum Gasteiger partial charge on any atom is 0.0855 e. The minimum Gasteiger partial charge on any atom is -0.386 e. The summed E-state index contributed by atoms with van der Waals surface area (Å²) in [6.45, 7) is 5.37. The van der Waals surface area contributed by atoms with Crippen LogP contribution in [0.25, 0.3) is 0 Å². The van der Waals surface area contributed by atoms with Crippen LogP contribution in [0.2, 0.25) is 5.02 Å². The van der Waals surface area contributed by atoms with Crippen molar-refractivity contribution in [2.75, 3.05) is 0 Å². The lowest BCUT2D eigenvalue weighted by Gasteiger charge is -2.20. The Kier molecular flexibility index (Phi) is 3.05. The van der Waals surface area contributed by atoms with Gasteiger partial charge in [-0.1, -0.05) is 33.6 Å². The van der Waals surface area contributed by atoms with Crippen LogP contribution in [-0.4, -0.2) is 5.11 Å². The average molecular weight is 264 g/mol. The van der Waals surface area contributed by atoms with Gasteiger partial charge < -0.3 is 5.11 Å². The lowest BCUT2D eigenvalue weighted by atomic mass is 9.97. The van der Waals surface area contributed by atoms with E-state index in [1.54, 1.807) is 13.8 Å². The molecule has 0 bridgehead atoms. The largest absolute Gasteiger partial charge is 0.386 e. The molecule has 0 fully saturated rings. The van der Waals surface area contributed by atoms with E-state index in [0.29, 0.717) is 5.02 Å². The van der Waals surface area contributed by atoms with Gasteiger partial charge in [0.2, 0.25) is 0 Å². The molecule has 0 saturated carbocycles. The molecule has 1 aromatic rings. The average Bonchev–Trinajstić information content (AvgIpc) is 1.98. The zero-order chi connectivity index (χ0) is 10.2. The summed E-state index contributed by atoms with van der Waals surface area (Å²) in [4.78, 5) is 0. The number of halogens is 2. The third kappa shape index (κ3) is 2.25. The highest BCUT2D eigenvalue weighted by atomic mass is 79.9. The van der Waals surface area contributed by atoms with E-state index >= 15 is 0 Å². The van der Waals surface area contributed by atoms with Crippen LogP contribution in [-0.2, 0) is 5.60 Å². The van der Waals surface area contributed by atoms with Crippen molar-refractivity contribution in [1.29, 1.82) is 0 Å². The molecule has 0 heterocycles. The van der Waals surface area contributed by atoms with Gasteiger partial charge in [-0.15, -0.1) is 0 Å². The second-order valence-electron chi connectivity index (χ2n) is 3.59. The van der Waals surface area contributed by atoms with E-state index in [0.717, 1.165) is 15.6 Å². The molecule has 0 spiro atoms. The van der Waals surface area contributed by atoms with Crippen molar-refractivity contribution in [2.24, 2.45) is 0 Å². The summed E-state index contributed by atoms with van der Waals surface area (Å²) in [5, 5.41) is 10.4. The molecule has 0 amide bonds. The van der Waals surface area contributed by atoms with Gasteiger partial charge in [-0.05, 0) is 32.4 Å². The molecule has 0 aliphatic carbocycles. The SMILES string of the molecule is Cc1c(Br)ccc(C(C)(C)O)c1Cl. The molecule has 1 aromatic carbocycles. The standard InChI is InChI=1S/C10H12BrClO/c1-6-8(11)5-4-7(9(6)12)10(2,3)13/h4-5,13H,1-3H3. The molecule has 13 heavy (non-hydrogen) atoms. The first kappa shape index (κ1) is 11.0. The van der Waals surface area contributed by atoms with E-state index in [9.17, 15) is 5.11 Å². The van der Waals surface area contributed by atoms with Crippen molar-refractivity contribution in [2.45, 2.75) is 26.4 Å². The molecule has 3 heteroatoms. The predicted octanol–water partition coefficient (Wildman–Crippen LogP) is 3.64. The third-order valence-corrected chi connectivity index (χ3v) is 3.33. The van der Waals surface area contributed by atoms with E-state index in [1.165, 1.54) is 0 Å². The molecule has 0 saturated heterocycles. The molecule has 72 valence electrons. The van der Waals surface area contributed by atoms with Crippen LogP contribution in [0.5, 0.6) is 0 Å². The monoisotopic (exact) mass is 262 g/mol. The zero-order valence-corrected chi connectivity index (χ0v) is 10.2. The Bertz CT molecular complexity index is 328. The van der Waals surface area contributed by atoms with E-state index in [4.69, 9.17) is 11.6 Å². The molecule has 0 atom stereocenters. The summed E-state index contributed by atoms with van der Waals surface area (Å²) in [5.41, 5.74) is 0.832. The summed E-state index contributed by atoms with van der Waals surface area (Å²) >= 11 is 9.47. The summed E-state index contributed by atoms with van der Waals surface area (Å²) in [6.07, 6.45) is 0. The first-order chi connectivity index (χ1) is 5.84. The van der Waals surface area contributed by atoms with Crippen molar-refractivity contribution >= 4 is 27.5 Å². The quantitative estimate of drug-likeness (QED) is 0.820. The number of benzene rings is 1. The molecule has 1 rings (SSSR count).